The summed E-state index contributed by atoms with van der Waals surface area (Å²) in [5.74, 6) is -0.0996. The number of nitrogens with one attached hydrogen (secondary N) is 2. The lowest BCUT2D eigenvalue weighted by atomic mass is 10.0. The van der Waals surface area contributed by atoms with E-state index in [4.69, 9.17) is 5.11 Å². The summed E-state index contributed by atoms with van der Waals surface area (Å²) in [7, 11) is 0. The number of aromatic nitrogens is 3. The summed E-state index contributed by atoms with van der Waals surface area (Å²) in [4.78, 5) is 17.0. The Labute approximate surface area is 193 Å². The molecule has 1 aliphatic rings. The highest BCUT2D eigenvalue weighted by Gasteiger charge is 2.30. The molecule has 0 spiro atoms. The summed E-state index contributed by atoms with van der Waals surface area (Å²) < 4.78 is 40.6. The zero-order chi connectivity index (χ0) is 24.1. The summed E-state index contributed by atoms with van der Waals surface area (Å²) in [5, 5.41) is 18.8. The predicted octanol–water partition coefficient (Wildman–Crippen LogP) is 4.26. The van der Waals surface area contributed by atoms with Gasteiger partial charge in [0, 0.05) is 36.2 Å². The number of benzene rings is 1. The standard InChI is InChI=1S/C24H22F3N5O2/c25-24(26,27)18-8-3-9-19(15-18)29-23-30-21-20(10-4-12-32(21)31-23)16-6-1-2-7-17(14-16)22(34)28-11-5-13-33/h1,3-4,6-10,12,14-15,33H,2,5,11,13H2,(H,28,34)(H,29,31). The van der Waals surface area contributed by atoms with Gasteiger partial charge >= 0.3 is 6.18 Å². The van der Waals surface area contributed by atoms with Crippen LogP contribution in [0.3, 0.4) is 0 Å². The van der Waals surface area contributed by atoms with E-state index in [1.807, 2.05) is 24.3 Å². The van der Waals surface area contributed by atoms with Crippen molar-refractivity contribution in [1.82, 2.24) is 19.9 Å². The number of hydrogen-bond donors (Lipinski definition) is 3. The number of fused-ring (bicyclic) bond motifs is 1. The number of carbonyl (C=O) groups excluding carboxylic acids is 1. The van der Waals surface area contributed by atoms with Crippen LogP contribution in [0.25, 0.3) is 11.2 Å². The molecule has 7 nitrogen and oxygen atoms in total. The molecule has 34 heavy (non-hydrogen) atoms. The highest BCUT2D eigenvalue weighted by molar-refractivity contribution is 6.00. The van der Waals surface area contributed by atoms with Crippen molar-refractivity contribution in [1.29, 1.82) is 0 Å². The summed E-state index contributed by atoms with van der Waals surface area (Å²) in [5.41, 5.74) is 1.86. The molecule has 3 N–H and O–H groups in total. The molecule has 0 aliphatic heterocycles. The first-order chi connectivity index (χ1) is 16.3. The van der Waals surface area contributed by atoms with Crippen molar-refractivity contribution >= 4 is 28.8 Å². The van der Waals surface area contributed by atoms with Gasteiger partial charge in [-0.25, -0.2) is 4.52 Å². The number of halogens is 3. The number of allylic oxidation sites excluding steroid dienone is 4. The monoisotopic (exact) mass is 469 g/mol. The van der Waals surface area contributed by atoms with Crippen molar-refractivity contribution in [3.05, 3.63) is 83.6 Å². The van der Waals surface area contributed by atoms with Crippen molar-refractivity contribution in [2.45, 2.75) is 19.0 Å². The summed E-state index contributed by atoms with van der Waals surface area (Å²) >= 11 is 0. The Hall–Kier alpha value is -3.92. The molecule has 0 atom stereocenters. The van der Waals surface area contributed by atoms with Gasteiger partial charge in [0.25, 0.3) is 5.91 Å². The number of rotatable bonds is 7. The van der Waals surface area contributed by atoms with E-state index in [-0.39, 0.29) is 24.1 Å². The molecule has 1 amide bonds. The van der Waals surface area contributed by atoms with Gasteiger partial charge in [0.15, 0.2) is 5.65 Å². The number of anilines is 2. The minimum Gasteiger partial charge on any atom is -0.396 e. The van der Waals surface area contributed by atoms with Gasteiger partial charge in [-0.05, 0) is 54.8 Å². The number of alkyl halides is 3. The van der Waals surface area contributed by atoms with Crippen LogP contribution in [0, 0.1) is 0 Å². The molecule has 0 unspecified atom stereocenters. The summed E-state index contributed by atoms with van der Waals surface area (Å²) in [6.07, 6.45) is 5.63. The van der Waals surface area contributed by atoms with Crippen LogP contribution in [0.2, 0.25) is 0 Å². The molecular weight excluding hydrogens is 447 g/mol. The second-order valence-electron chi connectivity index (χ2n) is 7.56. The first-order valence-electron chi connectivity index (χ1n) is 10.6. The Bertz CT molecular complexity index is 1290. The fourth-order valence-electron chi connectivity index (χ4n) is 3.46. The largest absolute Gasteiger partial charge is 0.416 e. The smallest absolute Gasteiger partial charge is 0.396 e. The Morgan fingerprint density at radius 2 is 2.06 bits per heavy atom. The predicted molar refractivity (Wildman–Crippen MR) is 122 cm³/mol. The molecule has 0 saturated heterocycles. The van der Waals surface area contributed by atoms with E-state index < -0.39 is 11.7 Å². The molecule has 2 aromatic heterocycles. The Kier molecular flexibility index (Phi) is 6.78. The van der Waals surface area contributed by atoms with Gasteiger partial charge in [0.2, 0.25) is 5.95 Å². The minimum absolute atomic E-state index is 0.00623. The molecule has 1 aliphatic carbocycles. The van der Waals surface area contributed by atoms with Crippen LogP contribution in [0.1, 0.15) is 24.0 Å². The van der Waals surface area contributed by atoms with Crippen LogP contribution in [-0.4, -0.2) is 38.8 Å². The molecular formula is C24H22F3N5O2. The molecule has 1 aromatic carbocycles. The number of aliphatic hydroxyl groups is 1. The van der Waals surface area contributed by atoms with Crippen LogP contribution in [0.4, 0.5) is 24.8 Å². The van der Waals surface area contributed by atoms with Gasteiger partial charge in [0.1, 0.15) is 0 Å². The number of amides is 1. The third-order valence-electron chi connectivity index (χ3n) is 5.08. The van der Waals surface area contributed by atoms with Gasteiger partial charge in [-0.1, -0.05) is 24.3 Å². The number of carbonyl (C=O) groups is 1. The van der Waals surface area contributed by atoms with Gasteiger partial charge < -0.3 is 15.7 Å². The zero-order valence-electron chi connectivity index (χ0n) is 18.0. The van der Waals surface area contributed by atoms with E-state index >= 15 is 0 Å². The lowest BCUT2D eigenvalue weighted by Crippen LogP contribution is -2.26. The summed E-state index contributed by atoms with van der Waals surface area (Å²) in [6, 6.07) is 8.42. The number of pyridine rings is 1. The maximum atomic E-state index is 13.0. The molecule has 0 bridgehead atoms. The lowest BCUT2D eigenvalue weighted by Gasteiger charge is -2.08. The van der Waals surface area contributed by atoms with Crippen LogP contribution in [0.5, 0.6) is 0 Å². The van der Waals surface area contributed by atoms with Crippen molar-refractivity contribution in [2.24, 2.45) is 0 Å². The quantitative estimate of drug-likeness (QED) is 0.450. The fourth-order valence-corrected chi connectivity index (χ4v) is 3.46. The van der Waals surface area contributed by atoms with Crippen LogP contribution in [0.15, 0.2) is 72.5 Å². The minimum atomic E-state index is -4.45. The highest BCUT2D eigenvalue weighted by atomic mass is 19.4. The first-order valence-corrected chi connectivity index (χ1v) is 10.6. The second-order valence-corrected chi connectivity index (χ2v) is 7.56. The topological polar surface area (TPSA) is 91.5 Å². The maximum Gasteiger partial charge on any atom is 0.416 e. The third-order valence-corrected chi connectivity index (χ3v) is 5.08. The van der Waals surface area contributed by atoms with Crippen LogP contribution in [-0.2, 0) is 11.0 Å². The first kappa shape index (κ1) is 23.2. The third kappa shape index (κ3) is 5.34. The van der Waals surface area contributed by atoms with E-state index in [1.165, 1.54) is 16.6 Å². The lowest BCUT2D eigenvalue weighted by molar-refractivity contribution is -0.137. The highest BCUT2D eigenvalue weighted by Crippen LogP contribution is 2.31. The van der Waals surface area contributed by atoms with Gasteiger partial charge in [-0.3, -0.25) is 4.79 Å². The van der Waals surface area contributed by atoms with E-state index in [0.29, 0.717) is 36.2 Å². The molecule has 0 radical (unpaired) electrons. The van der Waals surface area contributed by atoms with Crippen molar-refractivity contribution in [2.75, 3.05) is 18.5 Å². The molecule has 0 saturated carbocycles. The van der Waals surface area contributed by atoms with Crippen molar-refractivity contribution < 1.29 is 23.1 Å². The van der Waals surface area contributed by atoms with E-state index in [0.717, 1.165) is 17.7 Å². The average Bonchev–Trinajstić information content (AvgIpc) is 3.05. The number of aliphatic hydroxyl groups excluding tert-OH is 1. The normalized spacial score (nSPS) is 13.9. The maximum absolute atomic E-state index is 13.0. The Balaban J connectivity index is 1.63. The SMILES string of the molecule is O=C(NCCCO)C1=CCC=CC(c2cccn3nc(Nc4cccc(C(F)(F)F)c4)nc23)=C1. The van der Waals surface area contributed by atoms with Crippen LogP contribution < -0.4 is 10.6 Å². The van der Waals surface area contributed by atoms with E-state index in [2.05, 4.69) is 20.7 Å². The molecule has 2 heterocycles. The van der Waals surface area contributed by atoms with Gasteiger partial charge in [-0.15, -0.1) is 5.10 Å². The Morgan fingerprint density at radius 3 is 2.85 bits per heavy atom. The van der Waals surface area contributed by atoms with Gasteiger partial charge in [-0.2, -0.15) is 18.2 Å². The molecule has 0 fully saturated rings. The number of hydrogen-bond acceptors (Lipinski definition) is 5. The van der Waals surface area contributed by atoms with Crippen LogP contribution >= 0.6 is 0 Å². The molecule has 176 valence electrons. The Morgan fingerprint density at radius 1 is 1.21 bits per heavy atom. The van der Waals surface area contributed by atoms with Gasteiger partial charge in [0.05, 0.1) is 5.56 Å². The number of nitrogens with zero attached hydrogens (tertiary/aromatic N) is 3. The molecule has 10 heteroatoms. The average molecular weight is 469 g/mol. The molecule has 4 rings (SSSR count). The van der Waals surface area contributed by atoms with E-state index in [1.54, 1.807) is 18.3 Å². The molecule has 3 aromatic rings. The summed E-state index contributed by atoms with van der Waals surface area (Å²) in [6.45, 7) is 0.362. The van der Waals surface area contributed by atoms with E-state index in [9.17, 15) is 18.0 Å². The van der Waals surface area contributed by atoms with Crippen molar-refractivity contribution in [3.8, 4) is 0 Å². The second kappa shape index (κ2) is 9.92. The fraction of sp³-hybridized carbons (Fsp3) is 0.208. The van der Waals surface area contributed by atoms with Crippen molar-refractivity contribution in [3.63, 3.8) is 0 Å². The zero-order valence-corrected chi connectivity index (χ0v) is 18.0.